The van der Waals surface area contributed by atoms with E-state index < -0.39 is 0 Å². The summed E-state index contributed by atoms with van der Waals surface area (Å²) in [6.07, 6.45) is 1.88. The van der Waals surface area contributed by atoms with Crippen molar-refractivity contribution in [3.63, 3.8) is 0 Å². The third-order valence-electron chi connectivity index (χ3n) is 2.58. The zero-order chi connectivity index (χ0) is 11.1. The Bertz CT molecular complexity index is 675. The Morgan fingerprint density at radius 1 is 1.31 bits per heavy atom. The molecule has 0 aliphatic carbocycles. The molecule has 16 heavy (non-hydrogen) atoms. The molecule has 2 heterocycles. The highest BCUT2D eigenvalue weighted by molar-refractivity contribution is 9.10. The van der Waals surface area contributed by atoms with Gasteiger partial charge in [0.15, 0.2) is 0 Å². The molecule has 0 atom stereocenters. The number of halogens is 1. The van der Waals surface area contributed by atoms with Crippen molar-refractivity contribution in [3.8, 4) is 5.75 Å². The van der Waals surface area contributed by atoms with E-state index in [-0.39, 0.29) is 0 Å². The highest BCUT2D eigenvalue weighted by atomic mass is 79.9. The van der Waals surface area contributed by atoms with Crippen LogP contribution in [0.5, 0.6) is 5.75 Å². The molecule has 0 aliphatic rings. The zero-order valence-corrected chi connectivity index (χ0v) is 10.2. The predicted molar refractivity (Wildman–Crippen MR) is 67.0 cm³/mol. The van der Waals surface area contributed by atoms with Gasteiger partial charge in [-0.05, 0) is 28.1 Å². The molecule has 1 aromatic carbocycles. The molecule has 0 amide bonds. The van der Waals surface area contributed by atoms with E-state index in [1.54, 1.807) is 7.11 Å². The van der Waals surface area contributed by atoms with Crippen molar-refractivity contribution < 1.29 is 4.74 Å². The highest BCUT2D eigenvalue weighted by Gasteiger charge is 2.08. The normalized spacial score (nSPS) is 11.1. The number of nitrogens with zero attached hydrogens (tertiary/aromatic N) is 2. The molecule has 4 heteroatoms. The molecule has 0 saturated carbocycles. The van der Waals surface area contributed by atoms with E-state index in [0.29, 0.717) is 0 Å². The molecule has 0 radical (unpaired) electrons. The van der Waals surface area contributed by atoms with Crippen LogP contribution in [0.4, 0.5) is 0 Å². The van der Waals surface area contributed by atoms with Crippen LogP contribution in [0.1, 0.15) is 0 Å². The van der Waals surface area contributed by atoms with E-state index >= 15 is 0 Å². The average molecular weight is 277 g/mol. The van der Waals surface area contributed by atoms with Crippen LogP contribution in [0.25, 0.3) is 16.4 Å². The number of ether oxygens (including phenoxy) is 1. The van der Waals surface area contributed by atoms with E-state index in [2.05, 4.69) is 27.1 Å². The van der Waals surface area contributed by atoms with Gasteiger partial charge in [0, 0.05) is 9.86 Å². The standard InChI is InChI=1S/C12H9BrN2O/c1-16-8-6-10(13)12-9-4-2-3-5-11(9)14-15(12)7-8/h2-7H,1H3. The number of hydrogen-bond donors (Lipinski definition) is 0. The summed E-state index contributed by atoms with van der Waals surface area (Å²) in [5.74, 6) is 0.784. The number of aromatic nitrogens is 2. The van der Waals surface area contributed by atoms with Crippen molar-refractivity contribution in [1.82, 2.24) is 9.61 Å². The summed E-state index contributed by atoms with van der Waals surface area (Å²) < 4.78 is 8.04. The van der Waals surface area contributed by atoms with Crippen LogP contribution in [-0.2, 0) is 0 Å². The second-order valence-electron chi connectivity index (χ2n) is 3.54. The van der Waals surface area contributed by atoms with Crippen LogP contribution >= 0.6 is 15.9 Å². The molecule has 80 valence electrons. The lowest BCUT2D eigenvalue weighted by atomic mass is 10.2. The van der Waals surface area contributed by atoms with E-state index in [1.165, 1.54) is 0 Å². The third kappa shape index (κ3) is 1.30. The second kappa shape index (κ2) is 3.49. The molecule has 0 bridgehead atoms. The van der Waals surface area contributed by atoms with Gasteiger partial charge >= 0.3 is 0 Å². The Labute approximate surface area is 101 Å². The van der Waals surface area contributed by atoms with Crippen LogP contribution in [0.3, 0.4) is 0 Å². The Balaban J connectivity index is 2.50. The van der Waals surface area contributed by atoms with Crippen LogP contribution in [0, 0.1) is 0 Å². The Kier molecular flexibility index (Phi) is 2.11. The largest absolute Gasteiger partial charge is 0.495 e. The summed E-state index contributed by atoms with van der Waals surface area (Å²) in [6, 6.07) is 10.0. The summed E-state index contributed by atoms with van der Waals surface area (Å²) in [6.45, 7) is 0. The van der Waals surface area contributed by atoms with Gasteiger partial charge in [-0.25, -0.2) is 4.52 Å². The van der Waals surface area contributed by atoms with E-state index in [1.807, 2.05) is 35.0 Å². The minimum atomic E-state index is 0.784. The summed E-state index contributed by atoms with van der Waals surface area (Å²) in [5, 5.41) is 5.63. The first-order valence-corrected chi connectivity index (χ1v) is 5.69. The first kappa shape index (κ1) is 9.66. The average Bonchev–Trinajstić information content (AvgIpc) is 2.67. The lowest BCUT2D eigenvalue weighted by molar-refractivity contribution is 0.411. The maximum absolute atomic E-state index is 5.21. The Morgan fingerprint density at radius 2 is 2.12 bits per heavy atom. The number of fused-ring (bicyclic) bond motifs is 3. The molecule has 3 aromatic rings. The van der Waals surface area contributed by atoms with Gasteiger partial charge in [-0.15, -0.1) is 0 Å². The first-order chi connectivity index (χ1) is 7.79. The predicted octanol–water partition coefficient (Wildman–Crippen LogP) is 3.26. The van der Waals surface area contributed by atoms with Gasteiger partial charge in [-0.3, -0.25) is 0 Å². The number of hydrogen-bond acceptors (Lipinski definition) is 2. The van der Waals surface area contributed by atoms with Crippen LogP contribution in [-0.4, -0.2) is 16.7 Å². The zero-order valence-electron chi connectivity index (χ0n) is 8.64. The van der Waals surface area contributed by atoms with Gasteiger partial charge in [0.1, 0.15) is 5.75 Å². The fourth-order valence-corrected chi connectivity index (χ4v) is 2.47. The number of pyridine rings is 1. The van der Waals surface area contributed by atoms with Crippen molar-refractivity contribution in [2.24, 2.45) is 0 Å². The summed E-state index contributed by atoms with van der Waals surface area (Å²) in [7, 11) is 1.65. The number of benzene rings is 1. The topological polar surface area (TPSA) is 26.5 Å². The molecule has 3 rings (SSSR count). The maximum Gasteiger partial charge on any atom is 0.138 e. The number of rotatable bonds is 1. The number of methoxy groups -OCH3 is 1. The Morgan fingerprint density at radius 3 is 2.94 bits per heavy atom. The molecule has 2 aromatic heterocycles. The van der Waals surface area contributed by atoms with Crippen molar-refractivity contribution in [2.75, 3.05) is 7.11 Å². The molecule has 0 N–H and O–H groups in total. The van der Waals surface area contributed by atoms with Crippen molar-refractivity contribution in [1.29, 1.82) is 0 Å². The summed E-state index contributed by atoms with van der Waals surface area (Å²) in [4.78, 5) is 0. The van der Waals surface area contributed by atoms with Crippen LogP contribution < -0.4 is 4.74 Å². The van der Waals surface area contributed by atoms with Gasteiger partial charge in [0.2, 0.25) is 0 Å². The lowest BCUT2D eigenvalue weighted by Gasteiger charge is -2.02. The second-order valence-corrected chi connectivity index (χ2v) is 4.39. The highest BCUT2D eigenvalue weighted by Crippen LogP contribution is 2.29. The quantitative estimate of drug-likeness (QED) is 0.682. The molecule has 0 fully saturated rings. The molecule has 0 saturated heterocycles. The van der Waals surface area contributed by atoms with Gasteiger partial charge in [-0.1, -0.05) is 18.2 Å². The monoisotopic (exact) mass is 276 g/mol. The lowest BCUT2D eigenvalue weighted by Crippen LogP contribution is -1.90. The minimum absolute atomic E-state index is 0.784. The smallest absolute Gasteiger partial charge is 0.138 e. The van der Waals surface area contributed by atoms with Crippen molar-refractivity contribution in [2.45, 2.75) is 0 Å². The van der Waals surface area contributed by atoms with Gasteiger partial charge in [0.05, 0.1) is 24.3 Å². The summed E-state index contributed by atoms with van der Waals surface area (Å²) in [5.41, 5.74) is 2.05. The molecular formula is C12H9BrN2O. The SMILES string of the molecule is COc1cc(Br)c2c3ccccc3nn2c1. The minimum Gasteiger partial charge on any atom is -0.495 e. The molecule has 0 aliphatic heterocycles. The molecular weight excluding hydrogens is 268 g/mol. The molecule has 0 unspecified atom stereocenters. The third-order valence-corrected chi connectivity index (χ3v) is 3.19. The molecule has 0 spiro atoms. The van der Waals surface area contributed by atoms with Crippen molar-refractivity contribution >= 4 is 32.3 Å². The van der Waals surface area contributed by atoms with E-state index in [4.69, 9.17) is 4.74 Å². The van der Waals surface area contributed by atoms with Crippen LogP contribution in [0.2, 0.25) is 0 Å². The maximum atomic E-state index is 5.21. The summed E-state index contributed by atoms with van der Waals surface area (Å²) >= 11 is 3.55. The Hall–Kier alpha value is -1.55. The van der Waals surface area contributed by atoms with Gasteiger partial charge < -0.3 is 4.74 Å². The first-order valence-electron chi connectivity index (χ1n) is 4.90. The fourth-order valence-electron chi connectivity index (χ4n) is 1.84. The van der Waals surface area contributed by atoms with Crippen molar-refractivity contribution in [3.05, 3.63) is 41.0 Å². The molecule has 3 nitrogen and oxygen atoms in total. The van der Waals surface area contributed by atoms with E-state index in [0.717, 1.165) is 26.6 Å². The van der Waals surface area contributed by atoms with Gasteiger partial charge in [0.25, 0.3) is 0 Å². The van der Waals surface area contributed by atoms with Crippen LogP contribution in [0.15, 0.2) is 41.0 Å². The van der Waals surface area contributed by atoms with Gasteiger partial charge in [-0.2, -0.15) is 5.10 Å². The fraction of sp³-hybridized carbons (Fsp3) is 0.0833. The van der Waals surface area contributed by atoms with E-state index in [9.17, 15) is 0 Å².